The zero-order chi connectivity index (χ0) is 19.7. The molecule has 0 aromatic heterocycles. The number of piperidine rings is 1. The van der Waals surface area contributed by atoms with E-state index in [4.69, 9.17) is 4.74 Å². The first-order chi connectivity index (χ1) is 13.4. The summed E-state index contributed by atoms with van der Waals surface area (Å²) in [7, 11) is 0. The smallest absolute Gasteiger partial charge is 0.118 e. The third-order valence-corrected chi connectivity index (χ3v) is 6.24. The molecule has 1 fully saturated rings. The molecule has 1 unspecified atom stereocenters. The number of aliphatic hydroxyl groups is 2. The number of aliphatic hydroxyl groups excluding tert-OH is 1. The van der Waals surface area contributed by atoms with Gasteiger partial charge in [0.05, 0.1) is 24.9 Å². The number of likely N-dealkylation sites (tertiary alicyclic amines) is 1. The Labute approximate surface area is 166 Å². The fourth-order valence-corrected chi connectivity index (χ4v) is 4.29. The Morgan fingerprint density at radius 1 is 1.11 bits per heavy atom. The summed E-state index contributed by atoms with van der Waals surface area (Å²) in [6.07, 6.45) is 1.63. The number of hydrogen-bond acceptors (Lipinski definition) is 5. The summed E-state index contributed by atoms with van der Waals surface area (Å²) >= 11 is 0. The van der Waals surface area contributed by atoms with Gasteiger partial charge in [0.25, 0.3) is 0 Å². The van der Waals surface area contributed by atoms with Crippen LogP contribution < -0.4 is 0 Å². The minimum Gasteiger partial charge on any atom is -0.508 e. The fraction of sp³-hybridized carbons (Fsp3) is 0.478. The van der Waals surface area contributed by atoms with Crippen LogP contribution in [-0.2, 0) is 23.4 Å². The average molecular weight is 383 g/mol. The summed E-state index contributed by atoms with van der Waals surface area (Å²) < 4.78 is 5.56. The first-order valence-electron chi connectivity index (χ1n) is 10.1. The second-order valence-electron chi connectivity index (χ2n) is 8.18. The summed E-state index contributed by atoms with van der Waals surface area (Å²) in [6, 6.07) is 11.5. The Kier molecular flexibility index (Phi) is 5.43. The zero-order valence-electron chi connectivity index (χ0n) is 16.4. The molecule has 2 aromatic carbocycles. The number of aryl methyl sites for hydroxylation is 1. The Morgan fingerprint density at radius 2 is 1.89 bits per heavy atom. The van der Waals surface area contributed by atoms with E-state index in [2.05, 4.69) is 23.1 Å². The van der Waals surface area contributed by atoms with Crippen molar-refractivity contribution >= 4 is 0 Å². The van der Waals surface area contributed by atoms with Crippen LogP contribution >= 0.6 is 0 Å². The molecule has 0 bridgehead atoms. The van der Waals surface area contributed by atoms with E-state index in [1.54, 1.807) is 12.1 Å². The summed E-state index contributed by atoms with van der Waals surface area (Å²) in [6.45, 7) is 5.23. The van der Waals surface area contributed by atoms with Gasteiger partial charge in [0.15, 0.2) is 0 Å². The van der Waals surface area contributed by atoms with E-state index in [0.717, 1.165) is 42.8 Å². The molecule has 2 aliphatic rings. The highest BCUT2D eigenvalue weighted by atomic mass is 16.5. The van der Waals surface area contributed by atoms with Crippen LogP contribution in [0.2, 0.25) is 0 Å². The molecular formula is C23H29NO4. The molecule has 0 saturated carbocycles. The van der Waals surface area contributed by atoms with Gasteiger partial charge in [-0.1, -0.05) is 24.3 Å². The standard InChI is InChI=1S/C23H29NO4/c1-16-12-18(3-5-21(16)25)22(26)14-24-9-7-23(27,8-10-24)20-4-2-17-6-11-28-15-19(17)13-20/h2-5,12-13,22,25-27H,6-11,14-15H2,1H3. The molecule has 0 spiro atoms. The number of rotatable bonds is 4. The molecule has 1 atom stereocenters. The molecule has 28 heavy (non-hydrogen) atoms. The maximum atomic E-state index is 11.2. The first-order valence-corrected chi connectivity index (χ1v) is 10.1. The van der Waals surface area contributed by atoms with Crippen molar-refractivity contribution in [2.45, 2.75) is 44.5 Å². The molecule has 5 heteroatoms. The van der Waals surface area contributed by atoms with Gasteiger partial charge in [-0.05, 0) is 66.1 Å². The molecule has 0 radical (unpaired) electrons. The minimum atomic E-state index is -0.816. The molecule has 2 heterocycles. The highest BCUT2D eigenvalue weighted by Crippen LogP contribution is 2.35. The fourth-order valence-electron chi connectivity index (χ4n) is 4.29. The van der Waals surface area contributed by atoms with Crippen molar-refractivity contribution in [3.05, 3.63) is 64.2 Å². The number of aromatic hydroxyl groups is 1. The maximum absolute atomic E-state index is 11.2. The van der Waals surface area contributed by atoms with Gasteiger partial charge in [-0.3, -0.25) is 0 Å². The molecule has 0 aliphatic carbocycles. The molecule has 3 N–H and O–H groups in total. The van der Waals surface area contributed by atoms with E-state index in [9.17, 15) is 15.3 Å². The van der Waals surface area contributed by atoms with Crippen LogP contribution in [0.25, 0.3) is 0 Å². The molecular weight excluding hydrogens is 354 g/mol. The number of phenols is 1. The van der Waals surface area contributed by atoms with Gasteiger partial charge in [0, 0.05) is 19.6 Å². The van der Waals surface area contributed by atoms with Crippen molar-refractivity contribution in [3.63, 3.8) is 0 Å². The van der Waals surface area contributed by atoms with E-state index in [1.165, 1.54) is 11.1 Å². The summed E-state index contributed by atoms with van der Waals surface area (Å²) in [4.78, 5) is 2.20. The summed E-state index contributed by atoms with van der Waals surface area (Å²) in [5.41, 5.74) is 4.25. The molecule has 1 saturated heterocycles. The topological polar surface area (TPSA) is 73.2 Å². The quantitative estimate of drug-likeness (QED) is 0.757. The van der Waals surface area contributed by atoms with Crippen LogP contribution in [0.5, 0.6) is 5.75 Å². The lowest BCUT2D eigenvalue weighted by molar-refractivity contribution is -0.0346. The van der Waals surface area contributed by atoms with E-state index in [-0.39, 0.29) is 5.75 Å². The molecule has 2 aromatic rings. The van der Waals surface area contributed by atoms with Crippen LogP contribution in [0.15, 0.2) is 36.4 Å². The molecule has 4 rings (SSSR count). The average Bonchev–Trinajstić information content (AvgIpc) is 2.71. The van der Waals surface area contributed by atoms with E-state index >= 15 is 0 Å². The highest BCUT2D eigenvalue weighted by Gasteiger charge is 2.35. The second kappa shape index (κ2) is 7.84. The molecule has 5 nitrogen and oxygen atoms in total. The summed E-state index contributed by atoms with van der Waals surface area (Å²) in [5.74, 6) is 0.245. The number of benzene rings is 2. The number of β-amino-alcohol motifs (C(OH)–C–C–N with tert-alkyl or cyclic N) is 1. The Balaban J connectivity index is 1.39. The van der Waals surface area contributed by atoms with Gasteiger partial charge in [-0.15, -0.1) is 0 Å². The third-order valence-electron chi connectivity index (χ3n) is 6.24. The van der Waals surface area contributed by atoms with Crippen LogP contribution in [0.4, 0.5) is 0 Å². The predicted octanol–water partition coefficient (Wildman–Crippen LogP) is 2.79. The van der Waals surface area contributed by atoms with Crippen LogP contribution in [0, 0.1) is 6.92 Å². The van der Waals surface area contributed by atoms with Gasteiger partial charge in [0.1, 0.15) is 5.75 Å². The van der Waals surface area contributed by atoms with Crippen molar-refractivity contribution in [1.82, 2.24) is 4.90 Å². The van der Waals surface area contributed by atoms with Gasteiger partial charge >= 0.3 is 0 Å². The Hall–Kier alpha value is -1.92. The number of phenolic OH excluding ortho intramolecular Hbond substituents is 1. The molecule has 150 valence electrons. The number of fused-ring (bicyclic) bond motifs is 1. The minimum absolute atomic E-state index is 0.245. The lowest BCUT2D eigenvalue weighted by atomic mass is 9.82. The number of nitrogens with zero attached hydrogens (tertiary/aromatic N) is 1. The summed E-state index contributed by atoms with van der Waals surface area (Å²) in [5, 5.41) is 31.4. The van der Waals surface area contributed by atoms with Crippen molar-refractivity contribution in [1.29, 1.82) is 0 Å². The van der Waals surface area contributed by atoms with Gasteiger partial charge in [-0.25, -0.2) is 0 Å². The molecule has 2 aliphatic heterocycles. The number of hydrogen-bond donors (Lipinski definition) is 3. The molecule has 0 amide bonds. The lowest BCUT2D eigenvalue weighted by Crippen LogP contribution is -2.44. The van der Waals surface area contributed by atoms with Crippen molar-refractivity contribution in [2.24, 2.45) is 0 Å². The maximum Gasteiger partial charge on any atom is 0.118 e. The Morgan fingerprint density at radius 3 is 2.64 bits per heavy atom. The largest absolute Gasteiger partial charge is 0.508 e. The van der Waals surface area contributed by atoms with Crippen molar-refractivity contribution in [3.8, 4) is 5.75 Å². The zero-order valence-corrected chi connectivity index (χ0v) is 16.4. The van der Waals surface area contributed by atoms with Crippen molar-refractivity contribution in [2.75, 3.05) is 26.2 Å². The van der Waals surface area contributed by atoms with Gasteiger partial charge in [-0.2, -0.15) is 0 Å². The van der Waals surface area contributed by atoms with Crippen LogP contribution in [0.3, 0.4) is 0 Å². The normalized spacial score (nSPS) is 20.5. The van der Waals surface area contributed by atoms with Crippen LogP contribution in [0.1, 0.15) is 46.8 Å². The second-order valence-corrected chi connectivity index (χ2v) is 8.18. The van der Waals surface area contributed by atoms with E-state index in [0.29, 0.717) is 26.0 Å². The number of ether oxygens (including phenoxy) is 1. The predicted molar refractivity (Wildman–Crippen MR) is 107 cm³/mol. The van der Waals surface area contributed by atoms with Gasteiger partial charge in [0.2, 0.25) is 0 Å². The van der Waals surface area contributed by atoms with E-state index in [1.807, 2.05) is 13.0 Å². The Bertz CT molecular complexity index is 842. The van der Waals surface area contributed by atoms with Gasteiger partial charge < -0.3 is 25.0 Å². The SMILES string of the molecule is Cc1cc(C(O)CN2CCC(O)(c3ccc4c(c3)COCC4)CC2)ccc1O. The lowest BCUT2D eigenvalue weighted by Gasteiger charge is -2.39. The van der Waals surface area contributed by atoms with Crippen molar-refractivity contribution < 1.29 is 20.1 Å². The first kappa shape index (κ1) is 19.4. The van der Waals surface area contributed by atoms with Crippen LogP contribution in [-0.4, -0.2) is 46.5 Å². The third kappa shape index (κ3) is 3.94. The monoisotopic (exact) mass is 383 g/mol. The highest BCUT2D eigenvalue weighted by molar-refractivity contribution is 5.37. The van der Waals surface area contributed by atoms with E-state index < -0.39 is 11.7 Å².